The van der Waals surface area contributed by atoms with Gasteiger partial charge in [0.25, 0.3) is 0 Å². The van der Waals surface area contributed by atoms with E-state index in [0.29, 0.717) is 11.6 Å². The summed E-state index contributed by atoms with van der Waals surface area (Å²) in [7, 11) is 0. The number of aliphatic hydroxyl groups excluding tert-OH is 1. The Labute approximate surface area is 142 Å². The van der Waals surface area contributed by atoms with Crippen molar-refractivity contribution in [3.05, 3.63) is 64.2 Å². The van der Waals surface area contributed by atoms with Gasteiger partial charge < -0.3 is 15.2 Å². The summed E-state index contributed by atoms with van der Waals surface area (Å²) in [5.41, 5.74) is 3.23. The lowest BCUT2D eigenvalue weighted by atomic mass is 9.98. The van der Waals surface area contributed by atoms with Crippen molar-refractivity contribution in [3.8, 4) is 5.75 Å². The predicted molar refractivity (Wildman–Crippen MR) is 92.8 cm³/mol. The highest BCUT2D eigenvalue weighted by atomic mass is 35.5. The van der Waals surface area contributed by atoms with Gasteiger partial charge in [0.15, 0.2) is 0 Å². The van der Waals surface area contributed by atoms with Crippen LogP contribution in [0.2, 0.25) is 5.02 Å². The van der Waals surface area contributed by atoms with Gasteiger partial charge in [-0.05, 0) is 37.0 Å². The summed E-state index contributed by atoms with van der Waals surface area (Å²) in [6, 6.07) is 14.4. The molecular weight excluding hydrogens is 310 g/mol. The van der Waals surface area contributed by atoms with Crippen LogP contribution in [0.4, 0.5) is 0 Å². The summed E-state index contributed by atoms with van der Waals surface area (Å²) in [6.07, 6.45) is 2.00. The molecule has 0 aliphatic carbocycles. The van der Waals surface area contributed by atoms with Crippen LogP contribution >= 0.6 is 11.6 Å². The molecule has 0 saturated carbocycles. The van der Waals surface area contributed by atoms with Crippen molar-refractivity contribution in [1.82, 2.24) is 5.32 Å². The molecule has 1 aliphatic rings. The summed E-state index contributed by atoms with van der Waals surface area (Å²) < 4.78 is 5.83. The quantitative estimate of drug-likeness (QED) is 0.872. The van der Waals surface area contributed by atoms with Crippen molar-refractivity contribution in [2.45, 2.75) is 38.5 Å². The Bertz CT molecular complexity index is 674. The number of rotatable bonds is 4. The van der Waals surface area contributed by atoms with Crippen LogP contribution in [0.3, 0.4) is 0 Å². The topological polar surface area (TPSA) is 41.5 Å². The van der Waals surface area contributed by atoms with Gasteiger partial charge in [-0.3, -0.25) is 0 Å². The minimum atomic E-state index is 0.0657. The molecule has 2 aromatic rings. The molecule has 0 amide bonds. The molecule has 122 valence electrons. The first-order valence-corrected chi connectivity index (χ1v) is 8.44. The molecule has 2 unspecified atom stereocenters. The fourth-order valence-corrected chi connectivity index (χ4v) is 3.34. The van der Waals surface area contributed by atoms with E-state index in [2.05, 4.69) is 24.4 Å². The summed E-state index contributed by atoms with van der Waals surface area (Å²) in [5, 5.41) is 13.7. The van der Waals surface area contributed by atoms with Gasteiger partial charge in [0.2, 0.25) is 0 Å². The Morgan fingerprint density at radius 2 is 2.13 bits per heavy atom. The first-order chi connectivity index (χ1) is 11.2. The van der Waals surface area contributed by atoms with E-state index < -0.39 is 0 Å². The van der Waals surface area contributed by atoms with Gasteiger partial charge in [0, 0.05) is 17.6 Å². The number of aliphatic hydroxyl groups is 1. The molecule has 2 atom stereocenters. The van der Waals surface area contributed by atoms with Gasteiger partial charge >= 0.3 is 0 Å². The van der Waals surface area contributed by atoms with Gasteiger partial charge in [-0.2, -0.15) is 0 Å². The van der Waals surface area contributed by atoms with Gasteiger partial charge in [0.1, 0.15) is 5.75 Å². The van der Waals surface area contributed by atoms with E-state index in [-0.39, 0.29) is 18.7 Å². The van der Waals surface area contributed by atoms with Crippen LogP contribution in [0, 0.1) is 0 Å². The molecule has 2 aromatic carbocycles. The number of nitrogens with one attached hydrogen (secondary N) is 1. The molecule has 1 heterocycles. The standard InChI is InChI=1S/C19H22ClNO2/c1-13(15-6-2-5-14(11-15)12-22)21-18-9-4-10-23-19-16(18)7-3-8-17(19)20/h2-3,5-8,11,13,18,21-22H,4,9-10,12H2,1H3. The van der Waals surface area contributed by atoms with Crippen molar-refractivity contribution in [2.24, 2.45) is 0 Å². The molecule has 0 spiro atoms. The highest BCUT2D eigenvalue weighted by Gasteiger charge is 2.23. The normalized spacial score (nSPS) is 18.7. The number of para-hydroxylation sites is 1. The second-order valence-electron chi connectivity index (χ2n) is 5.99. The van der Waals surface area contributed by atoms with Crippen LogP contribution in [-0.4, -0.2) is 11.7 Å². The highest BCUT2D eigenvalue weighted by molar-refractivity contribution is 6.32. The molecule has 0 saturated heterocycles. The van der Waals surface area contributed by atoms with Crippen molar-refractivity contribution in [1.29, 1.82) is 0 Å². The molecule has 3 nitrogen and oxygen atoms in total. The van der Waals surface area contributed by atoms with Gasteiger partial charge in [-0.1, -0.05) is 48.0 Å². The fraction of sp³-hybridized carbons (Fsp3) is 0.368. The smallest absolute Gasteiger partial charge is 0.142 e. The Morgan fingerprint density at radius 3 is 2.96 bits per heavy atom. The molecule has 0 fully saturated rings. The first-order valence-electron chi connectivity index (χ1n) is 8.06. The van der Waals surface area contributed by atoms with E-state index in [0.717, 1.165) is 29.7 Å². The third-order valence-electron chi connectivity index (χ3n) is 4.34. The Morgan fingerprint density at radius 1 is 1.30 bits per heavy atom. The predicted octanol–water partition coefficient (Wildman–Crippen LogP) is 4.40. The summed E-state index contributed by atoms with van der Waals surface area (Å²) in [4.78, 5) is 0. The summed E-state index contributed by atoms with van der Waals surface area (Å²) in [5.74, 6) is 0.806. The lowest BCUT2D eigenvalue weighted by molar-refractivity contribution is 0.281. The maximum atomic E-state index is 9.31. The number of hydrogen-bond acceptors (Lipinski definition) is 3. The number of hydrogen-bond donors (Lipinski definition) is 2. The maximum Gasteiger partial charge on any atom is 0.142 e. The Hall–Kier alpha value is -1.55. The number of halogens is 1. The zero-order valence-electron chi connectivity index (χ0n) is 13.3. The van der Waals surface area contributed by atoms with Crippen LogP contribution in [0.25, 0.3) is 0 Å². The first kappa shape index (κ1) is 16.3. The van der Waals surface area contributed by atoms with E-state index in [1.165, 1.54) is 5.56 Å². The Kier molecular flexibility index (Phi) is 5.21. The number of ether oxygens (including phenoxy) is 1. The van der Waals surface area contributed by atoms with E-state index in [1.54, 1.807) is 0 Å². The number of fused-ring (bicyclic) bond motifs is 1. The zero-order valence-corrected chi connectivity index (χ0v) is 14.0. The van der Waals surface area contributed by atoms with Crippen LogP contribution in [0.1, 0.15) is 48.5 Å². The molecular formula is C19H22ClNO2. The van der Waals surface area contributed by atoms with E-state index in [4.69, 9.17) is 16.3 Å². The van der Waals surface area contributed by atoms with Gasteiger partial charge in [0.05, 0.1) is 18.2 Å². The van der Waals surface area contributed by atoms with Crippen LogP contribution in [0.15, 0.2) is 42.5 Å². The third kappa shape index (κ3) is 3.69. The molecule has 1 aliphatic heterocycles. The lowest BCUT2D eigenvalue weighted by Crippen LogP contribution is -2.24. The van der Waals surface area contributed by atoms with E-state index in [9.17, 15) is 5.11 Å². The van der Waals surface area contributed by atoms with Crippen molar-refractivity contribution < 1.29 is 9.84 Å². The molecule has 23 heavy (non-hydrogen) atoms. The molecule has 2 N–H and O–H groups in total. The number of benzene rings is 2. The van der Waals surface area contributed by atoms with Crippen LogP contribution in [0.5, 0.6) is 5.75 Å². The highest BCUT2D eigenvalue weighted by Crippen LogP contribution is 2.37. The Balaban J connectivity index is 1.83. The van der Waals surface area contributed by atoms with Crippen molar-refractivity contribution in [3.63, 3.8) is 0 Å². The van der Waals surface area contributed by atoms with Crippen molar-refractivity contribution >= 4 is 11.6 Å². The second-order valence-corrected chi connectivity index (χ2v) is 6.40. The summed E-state index contributed by atoms with van der Waals surface area (Å²) in [6.45, 7) is 2.91. The largest absolute Gasteiger partial charge is 0.492 e. The average molecular weight is 332 g/mol. The SMILES string of the molecule is CC(NC1CCCOc2c(Cl)cccc21)c1cccc(CO)c1. The van der Waals surface area contributed by atoms with E-state index >= 15 is 0 Å². The molecule has 0 bridgehead atoms. The van der Waals surface area contributed by atoms with Crippen molar-refractivity contribution in [2.75, 3.05) is 6.61 Å². The molecule has 4 heteroatoms. The van der Waals surface area contributed by atoms with E-state index in [1.807, 2.05) is 30.3 Å². The van der Waals surface area contributed by atoms with Crippen LogP contribution in [-0.2, 0) is 6.61 Å². The minimum Gasteiger partial charge on any atom is -0.492 e. The molecule has 3 rings (SSSR count). The molecule has 0 radical (unpaired) electrons. The zero-order chi connectivity index (χ0) is 16.2. The third-order valence-corrected chi connectivity index (χ3v) is 4.64. The maximum absolute atomic E-state index is 9.31. The van der Waals surface area contributed by atoms with Crippen LogP contribution < -0.4 is 10.1 Å². The second kappa shape index (κ2) is 7.35. The summed E-state index contributed by atoms with van der Waals surface area (Å²) >= 11 is 6.29. The average Bonchev–Trinajstić information content (AvgIpc) is 2.78. The molecule has 0 aromatic heterocycles. The minimum absolute atomic E-state index is 0.0657. The lowest BCUT2D eigenvalue weighted by Gasteiger charge is -2.24. The monoisotopic (exact) mass is 331 g/mol. The fourth-order valence-electron chi connectivity index (χ4n) is 3.10. The van der Waals surface area contributed by atoms with Gasteiger partial charge in [-0.15, -0.1) is 0 Å². The van der Waals surface area contributed by atoms with Gasteiger partial charge in [-0.25, -0.2) is 0 Å².